The van der Waals surface area contributed by atoms with Crippen LogP contribution >= 0.6 is 35.7 Å². The number of aromatic nitrogens is 2. The molecule has 0 spiro atoms. The summed E-state index contributed by atoms with van der Waals surface area (Å²) in [6.45, 7) is 4.65. The first-order valence-corrected chi connectivity index (χ1v) is 9.91. The van der Waals surface area contributed by atoms with Crippen LogP contribution in [0, 0.1) is 6.92 Å². The quantitative estimate of drug-likeness (QED) is 0.374. The fraction of sp³-hybridized carbons (Fsp3) is 0.474. The molecule has 2 heterocycles. The largest absolute Gasteiger partial charge is 0.355 e. The van der Waals surface area contributed by atoms with Crippen LogP contribution in [0.25, 0.3) is 0 Å². The first-order valence-electron chi connectivity index (χ1n) is 8.86. The van der Waals surface area contributed by atoms with E-state index in [1.54, 1.807) is 0 Å². The average molecular weight is 485 g/mol. The number of nitrogens with zero attached hydrogens (tertiary/aromatic N) is 3. The van der Waals surface area contributed by atoms with Gasteiger partial charge >= 0.3 is 0 Å². The molecule has 1 saturated heterocycles. The van der Waals surface area contributed by atoms with E-state index in [9.17, 15) is 0 Å². The Morgan fingerprint density at radius 3 is 2.88 bits per heavy atom. The van der Waals surface area contributed by atoms with E-state index in [2.05, 4.69) is 61.2 Å². The van der Waals surface area contributed by atoms with Crippen LogP contribution in [0.1, 0.15) is 29.8 Å². The van der Waals surface area contributed by atoms with E-state index in [0.29, 0.717) is 0 Å². The maximum Gasteiger partial charge on any atom is 0.191 e. The van der Waals surface area contributed by atoms with Crippen LogP contribution in [-0.4, -0.2) is 40.1 Å². The number of imidazole rings is 1. The third kappa shape index (κ3) is 6.19. The lowest BCUT2D eigenvalue weighted by molar-refractivity contribution is 0.725. The molecule has 142 valence electrons. The summed E-state index contributed by atoms with van der Waals surface area (Å²) in [6.07, 6.45) is 6.52. The van der Waals surface area contributed by atoms with Gasteiger partial charge in [-0.05, 0) is 36.6 Å². The maximum atomic E-state index is 4.33. The molecule has 5 nitrogen and oxygen atoms in total. The molecule has 3 rings (SSSR count). The Labute approximate surface area is 177 Å². The van der Waals surface area contributed by atoms with Crippen LogP contribution in [0.2, 0.25) is 0 Å². The number of aliphatic imine (C=N–C) groups is 1. The maximum absolute atomic E-state index is 4.33. The Morgan fingerprint density at radius 2 is 2.19 bits per heavy atom. The van der Waals surface area contributed by atoms with Gasteiger partial charge in [0.05, 0.1) is 0 Å². The summed E-state index contributed by atoms with van der Waals surface area (Å²) < 4.78 is 2.16. The minimum Gasteiger partial charge on any atom is -0.355 e. The van der Waals surface area contributed by atoms with Crippen molar-refractivity contribution in [1.82, 2.24) is 20.2 Å². The lowest BCUT2D eigenvalue weighted by Gasteiger charge is -2.15. The predicted octanol–water partition coefficient (Wildman–Crippen LogP) is 3.42. The smallest absolute Gasteiger partial charge is 0.191 e. The highest BCUT2D eigenvalue weighted by Gasteiger charge is 2.15. The molecule has 0 amide bonds. The lowest BCUT2D eigenvalue weighted by atomic mass is 10.1. The van der Waals surface area contributed by atoms with Gasteiger partial charge in [-0.2, -0.15) is 11.8 Å². The van der Waals surface area contributed by atoms with Gasteiger partial charge in [0.25, 0.3) is 0 Å². The number of hydrogen-bond donors (Lipinski definition) is 2. The van der Waals surface area contributed by atoms with Crippen LogP contribution in [0.5, 0.6) is 0 Å². The second kappa shape index (κ2) is 10.8. The number of hydrogen-bond acceptors (Lipinski definition) is 3. The fourth-order valence-corrected chi connectivity index (χ4v) is 4.23. The normalized spacial score (nSPS) is 17.0. The van der Waals surface area contributed by atoms with Gasteiger partial charge in [0.15, 0.2) is 5.96 Å². The summed E-state index contributed by atoms with van der Waals surface area (Å²) >= 11 is 2.06. The van der Waals surface area contributed by atoms with Gasteiger partial charge in [-0.25, -0.2) is 4.98 Å². The molecule has 0 saturated carbocycles. The Kier molecular flexibility index (Phi) is 8.77. The first-order chi connectivity index (χ1) is 12.2. The zero-order valence-corrected chi connectivity index (χ0v) is 18.6. The second-order valence-electron chi connectivity index (χ2n) is 6.36. The molecule has 1 aliphatic heterocycles. The van der Waals surface area contributed by atoms with Crippen LogP contribution < -0.4 is 10.6 Å². The van der Waals surface area contributed by atoms with Crippen molar-refractivity contribution in [3.05, 3.63) is 53.6 Å². The van der Waals surface area contributed by atoms with Crippen molar-refractivity contribution in [2.24, 2.45) is 4.99 Å². The highest BCUT2D eigenvalue weighted by atomic mass is 127. The molecule has 1 fully saturated rings. The third-order valence-electron chi connectivity index (χ3n) is 4.47. The predicted molar refractivity (Wildman–Crippen MR) is 122 cm³/mol. The molecule has 26 heavy (non-hydrogen) atoms. The molecule has 0 bridgehead atoms. The Morgan fingerprint density at radius 1 is 1.35 bits per heavy atom. The van der Waals surface area contributed by atoms with Gasteiger partial charge < -0.3 is 15.2 Å². The summed E-state index contributed by atoms with van der Waals surface area (Å²) in [5.41, 5.74) is 2.54. The Balaban J connectivity index is 0.00000243. The van der Waals surface area contributed by atoms with Crippen molar-refractivity contribution < 1.29 is 0 Å². The standard InChI is InChI=1S/C19H27N5S.HI/c1-15-21-8-9-24(15)14-17-6-3-5-16(11-17)12-22-19(20-2)23-13-18-7-4-10-25-18;/h3,5-6,8-9,11,18H,4,7,10,12-14H2,1-2H3,(H2,20,22,23);1H. The zero-order valence-electron chi connectivity index (χ0n) is 15.4. The summed E-state index contributed by atoms with van der Waals surface area (Å²) in [7, 11) is 1.83. The Hall–Kier alpha value is -1.22. The van der Waals surface area contributed by atoms with Gasteiger partial charge in [0, 0.05) is 44.3 Å². The summed E-state index contributed by atoms with van der Waals surface area (Å²) in [5, 5.41) is 7.59. The Bertz CT molecular complexity index is 709. The fourth-order valence-electron chi connectivity index (χ4n) is 3.03. The summed E-state index contributed by atoms with van der Waals surface area (Å²) in [6, 6.07) is 8.67. The van der Waals surface area contributed by atoms with Crippen LogP contribution in [0.3, 0.4) is 0 Å². The highest BCUT2D eigenvalue weighted by Crippen LogP contribution is 2.25. The second-order valence-corrected chi connectivity index (χ2v) is 7.77. The van der Waals surface area contributed by atoms with Gasteiger partial charge in [-0.1, -0.05) is 24.3 Å². The van der Waals surface area contributed by atoms with E-state index in [4.69, 9.17) is 0 Å². The molecule has 0 radical (unpaired) electrons. The molecular weight excluding hydrogens is 457 g/mol. The number of nitrogens with one attached hydrogen (secondary N) is 2. The molecule has 1 aromatic carbocycles. The van der Waals surface area contributed by atoms with Crippen molar-refractivity contribution in [2.45, 2.75) is 38.1 Å². The zero-order chi connectivity index (χ0) is 17.5. The minimum atomic E-state index is 0. The van der Waals surface area contributed by atoms with E-state index >= 15 is 0 Å². The van der Waals surface area contributed by atoms with Gasteiger partial charge in [-0.3, -0.25) is 4.99 Å². The van der Waals surface area contributed by atoms with Gasteiger partial charge in [0.2, 0.25) is 0 Å². The summed E-state index contributed by atoms with van der Waals surface area (Å²) in [5.74, 6) is 3.21. The van der Waals surface area contributed by atoms with Crippen molar-refractivity contribution in [2.75, 3.05) is 19.3 Å². The highest BCUT2D eigenvalue weighted by molar-refractivity contribution is 14.0. The minimum absolute atomic E-state index is 0. The number of halogens is 1. The topological polar surface area (TPSA) is 54.2 Å². The summed E-state index contributed by atoms with van der Waals surface area (Å²) in [4.78, 5) is 8.62. The lowest BCUT2D eigenvalue weighted by Crippen LogP contribution is -2.39. The first kappa shape index (κ1) is 21.1. The SMILES string of the molecule is CN=C(NCc1cccc(Cn2ccnc2C)c1)NCC1CCCS1.I. The number of benzene rings is 1. The number of aryl methyl sites for hydroxylation is 1. The molecule has 2 N–H and O–H groups in total. The van der Waals surface area contributed by atoms with E-state index in [0.717, 1.165) is 36.7 Å². The number of thioether (sulfide) groups is 1. The van der Waals surface area contributed by atoms with Crippen LogP contribution in [0.15, 0.2) is 41.7 Å². The molecule has 0 aliphatic carbocycles. The van der Waals surface area contributed by atoms with Crippen molar-refractivity contribution in [3.63, 3.8) is 0 Å². The van der Waals surface area contributed by atoms with Crippen molar-refractivity contribution >= 4 is 41.7 Å². The number of rotatable bonds is 6. The van der Waals surface area contributed by atoms with Crippen LogP contribution in [-0.2, 0) is 13.1 Å². The van der Waals surface area contributed by atoms with Gasteiger partial charge in [0.1, 0.15) is 5.82 Å². The molecule has 1 atom stereocenters. The monoisotopic (exact) mass is 485 g/mol. The van der Waals surface area contributed by atoms with Crippen molar-refractivity contribution in [1.29, 1.82) is 0 Å². The average Bonchev–Trinajstić information content (AvgIpc) is 3.28. The molecule has 1 aromatic heterocycles. The molecule has 1 unspecified atom stereocenters. The van der Waals surface area contributed by atoms with Crippen molar-refractivity contribution in [3.8, 4) is 0 Å². The molecule has 2 aromatic rings. The molecular formula is C19H28IN5S. The third-order valence-corrected chi connectivity index (χ3v) is 5.87. The van der Waals surface area contributed by atoms with E-state index in [1.807, 2.05) is 26.4 Å². The molecule has 7 heteroatoms. The van der Waals surface area contributed by atoms with E-state index < -0.39 is 0 Å². The number of guanidine groups is 1. The van der Waals surface area contributed by atoms with Gasteiger partial charge in [-0.15, -0.1) is 24.0 Å². The van der Waals surface area contributed by atoms with E-state index in [-0.39, 0.29) is 24.0 Å². The van der Waals surface area contributed by atoms with Crippen LogP contribution in [0.4, 0.5) is 0 Å². The molecule has 1 aliphatic rings. The van der Waals surface area contributed by atoms with E-state index in [1.165, 1.54) is 29.7 Å².